The van der Waals surface area contributed by atoms with Gasteiger partial charge in [-0.25, -0.2) is 9.97 Å². The van der Waals surface area contributed by atoms with Crippen molar-refractivity contribution >= 4 is 87.2 Å². The van der Waals surface area contributed by atoms with Crippen LogP contribution in [0.4, 0.5) is 0 Å². The summed E-state index contributed by atoms with van der Waals surface area (Å²) in [5, 5.41) is 9.92. The van der Waals surface area contributed by atoms with Gasteiger partial charge in [-0.05, 0) is 144 Å². The fraction of sp³-hybridized carbons (Fsp3) is 0. The molecule has 0 N–H and O–H groups in total. The highest BCUT2D eigenvalue weighted by Gasteiger charge is 2.19. The first-order chi connectivity index (χ1) is 46.6. The van der Waals surface area contributed by atoms with E-state index in [1.165, 1.54) is 87.2 Å². The van der Waals surface area contributed by atoms with Crippen molar-refractivity contribution in [2.75, 3.05) is 0 Å². The molecule has 0 aliphatic rings. The molecule has 0 fully saturated rings. The maximum absolute atomic E-state index is 5.50. The largest absolute Gasteiger partial charge is 0.309 e. The molecule has 19 rings (SSSR count). The van der Waals surface area contributed by atoms with E-state index >= 15 is 0 Å². The van der Waals surface area contributed by atoms with Gasteiger partial charge in [-0.3, -0.25) is 0 Å². The lowest BCUT2D eigenvalue weighted by Gasteiger charge is -2.14. The minimum Gasteiger partial charge on any atom is -0.309 e. The average molecular weight is 1200 g/mol. The van der Waals surface area contributed by atoms with Crippen LogP contribution in [0, 0.1) is 0 Å². The van der Waals surface area contributed by atoms with Crippen LogP contribution in [-0.4, -0.2) is 28.2 Å². The van der Waals surface area contributed by atoms with Crippen molar-refractivity contribution in [3.05, 3.63) is 340 Å². The monoisotopic (exact) mass is 1200 g/mol. The Bertz CT molecular complexity index is 5240. The van der Waals surface area contributed by atoms with Crippen molar-refractivity contribution in [3.63, 3.8) is 0 Å². The third-order valence-electron chi connectivity index (χ3n) is 19.2. The number of nitrogens with zero attached hydrogens (tertiary/aromatic N) is 6. The minimum absolute atomic E-state index is 0.897. The summed E-state index contributed by atoms with van der Waals surface area (Å²) in [5.74, 6) is 0. The lowest BCUT2D eigenvalue weighted by atomic mass is 9.96. The van der Waals surface area contributed by atoms with Crippen LogP contribution in [0.25, 0.3) is 177 Å². The Kier molecular flexibility index (Phi) is 12.2. The van der Waals surface area contributed by atoms with Crippen LogP contribution in [-0.2, 0) is 0 Å². The molecule has 0 atom stereocenters. The molecule has 438 valence electrons. The molecule has 0 spiro atoms. The number of rotatable bonds is 10. The molecule has 0 radical (unpaired) electrons. The lowest BCUT2D eigenvalue weighted by Crippen LogP contribution is -1.96. The van der Waals surface area contributed by atoms with Crippen molar-refractivity contribution in [2.45, 2.75) is 0 Å². The van der Waals surface area contributed by atoms with E-state index in [0.29, 0.717) is 0 Å². The second-order valence-corrected chi connectivity index (χ2v) is 24.5. The molecule has 0 saturated heterocycles. The van der Waals surface area contributed by atoms with Gasteiger partial charge in [-0.2, -0.15) is 0 Å². The van der Waals surface area contributed by atoms with E-state index in [4.69, 9.17) is 9.97 Å². The van der Waals surface area contributed by atoms with Gasteiger partial charge in [0.1, 0.15) is 0 Å². The summed E-state index contributed by atoms with van der Waals surface area (Å²) < 4.78 is 9.47. The van der Waals surface area contributed by atoms with Crippen LogP contribution in [0.15, 0.2) is 340 Å². The van der Waals surface area contributed by atoms with E-state index in [2.05, 4.69) is 358 Å². The highest BCUT2D eigenvalue weighted by molar-refractivity contribution is 6.12. The molecular weight excluding hydrogens is 1140 g/mol. The standard InChI is InChI=1S/C88H56N6/c1-9-25-81-69(17-1)70-18-2-10-26-82(70)91(81)65-45-37-59(38-46-65)77-53-63(54-78(89-77)60-39-47-66(48-40-60)92-83-27-11-3-19-71(83)72-20-4-12-28-84(72)92)57-33-35-58(36-34-57)64-55-79(61-41-49-67(50-42-61)93-85-29-13-5-21-73(85)74-22-6-14-30-86(74)93)90-80(56-64)62-43-51-68(52-44-62)94-87-31-15-7-23-75(87)76-24-8-16-32-88(76)94/h1-56H. The van der Waals surface area contributed by atoms with Gasteiger partial charge < -0.3 is 18.3 Å². The third kappa shape index (κ3) is 8.65. The molecule has 0 amide bonds. The van der Waals surface area contributed by atoms with Crippen molar-refractivity contribution < 1.29 is 0 Å². The molecule has 6 heteroatoms. The highest BCUT2D eigenvalue weighted by atomic mass is 15.0. The Morgan fingerprint density at radius 3 is 0.489 bits per heavy atom. The molecule has 6 nitrogen and oxygen atoms in total. The van der Waals surface area contributed by atoms with Crippen molar-refractivity contribution in [1.82, 2.24) is 28.2 Å². The summed E-state index contributed by atoms with van der Waals surface area (Å²) in [6.45, 7) is 0. The van der Waals surface area contributed by atoms with E-state index in [1.54, 1.807) is 0 Å². The van der Waals surface area contributed by atoms with Crippen LogP contribution in [0.1, 0.15) is 0 Å². The first-order valence-electron chi connectivity index (χ1n) is 32.1. The number of para-hydroxylation sites is 8. The Morgan fingerprint density at radius 1 is 0.149 bits per heavy atom. The number of hydrogen-bond acceptors (Lipinski definition) is 2. The number of hydrogen-bond donors (Lipinski definition) is 0. The average Bonchev–Trinajstić information content (AvgIpc) is 1.66. The van der Waals surface area contributed by atoms with E-state index < -0.39 is 0 Å². The molecule has 6 heterocycles. The summed E-state index contributed by atoms with van der Waals surface area (Å²) in [6.07, 6.45) is 0. The van der Waals surface area contributed by atoms with E-state index in [-0.39, 0.29) is 0 Å². The second kappa shape index (κ2) is 21.5. The molecular formula is C88H56N6. The van der Waals surface area contributed by atoms with Gasteiger partial charge in [0.05, 0.1) is 66.9 Å². The molecule has 0 unspecified atom stereocenters. The zero-order valence-corrected chi connectivity index (χ0v) is 51.0. The SMILES string of the molecule is c1ccc2c(c1)c1ccccc1n2-c1ccc(-c2cc(-c3ccc(-c4cc(-c5ccc(-n6c7ccccc7c7ccccc76)cc5)nc(-c5ccc(-n6c7ccccc7c7ccccc76)cc5)c4)cc3)cc(-c3ccc(-n4c5ccccc5c5ccccc54)cc3)n2)cc1. The number of aromatic nitrogens is 6. The molecule has 6 aromatic heterocycles. The third-order valence-corrected chi connectivity index (χ3v) is 19.2. The molecule has 13 aromatic carbocycles. The van der Waals surface area contributed by atoms with Gasteiger partial charge in [-0.15, -0.1) is 0 Å². The van der Waals surface area contributed by atoms with E-state index in [9.17, 15) is 0 Å². The molecule has 0 aliphatic carbocycles. The smallest absolute Gasteiger partial charge is 0.0715 e. The fourth-order valence-electron chi connectivity index (χ4n) is 14.8. The zero-order chi connectivity index (χ0) is 61.8. The summed E-state index contributed by atoms with van der Waals surface area (Å²) >= 11 is 0. The highest BCUT2D eigenvalue weighted by Crippen LogP contribution is 2.40. The van der Waals surface area contributed by atoms with E-state index in [1.807, 2.05) is 0 Å². The number of benzene rings is 13. The summed E-state index contributed by atoms with van der Waals surface area (Å²) in [5.41, 5.74) is 25.9. The van der Waals surface area contributed by atoms with Crippen LogP contribution in [0.5, 0.6) is 0 Å². The van der Waals surface area contributed by atoms with Gasteiger partial charge in [-0.1, -0.05) is 218 Å². The molecule has 0 aliphatic heterocycles. The maximum atomic E-state index is 5.50. The molecule has 0 saturated carbocycles. The lowest BCUT2D eigenvalue weighted by molar-refractivity contribution is 1.18. The normalized spacial score (nSPS) is 11.8. The quantitative estimate of drug-likeness (QED) is 0.137. The van der Waals surface area contributed by atoms with Gasteiger partial charge in [0.15, 0.2) is 0 Å². The second-order valence-electron chi connectivity index (χ2n) is 24.5. The van der Waals surface area contributed by atoms with E-state index in [0.717, 1.165) is 90.0 Å². The van der Waals surface area contributed by atoms with Gasteiger partial charge in [0.2, 0.25) is 0 Å². The summed E-state index contributed by atoms with van der Waals surface area (Å²) in [7, 11) is 0. The Morgan fingerprint density at radius 2 is 0.309 bits per heavy atom. The van der Waals surface area contributed by atoms with Crippen molar-refractivity contribution in [3.8, 4) is 90.0 Å². The number of fused-ring (bicyclic) bond motifs is 12. The first-order valence-corrected chi connectivity index (χ1v) is 32.1. The molecule has 0 bridgehead atoms. The molecule has 19 aromatic rings. The number of pyridine rings is 2. The van der Waals surface area contributed by atoms with Crippen LogP contribution in [0.3, 0.4) is 0 Å². The maximum Gasteiger partial charge on any atom is 0.0715 e. The van der Waals surface area contributed by atoms with Crippen LogP contribution < -0.4 is 0 Å². The Labute approximate surface area is 542 Å². The van der Waals surface area contributed by atoms with Gasteiger partial charge >= 0.3 is 0 Å². The van der Waals surface area contributed by atoms with Crippen LogP contribution >= 0.6 is 0 Å². The van der Waals surface area contributed by atoms with Crippen LogP contribution in [0.2, 0.25) is 0 Å². The topological polar surface area (TPSA) is 45.5 Å². The Hall–Kier alpha value is -12.6. The van der Waals surface area contributed by atoms with Gasteiger partial charge in [0.25, 0.3) is 0 Å². The van der Waals surface area contributed by atoms with Gasteiger partial charge in [0, 0.05) is 88.1 Å². The van der Waals surface area contributed by atoms with Crippen molar-refractivity contribution in [2.24, 2.45) is 0 Å². The zero-order valence-electron chi connectivity index (χ0n) is 51.0. The predicted octanol–water partition coefficient (Wildman–Crippen LogP) is 22.9. The summed E-state index contributed by atoms with van der Waals surface area (Å²) in [6, 6.07) is 123. The predicted molar refractivity (Wildman–Crippen MR) is 392 cm³/mol. The Balaban J connectivity index is 0.718. The first kappa shape index (κ1) is 53.2. The minimum atomic E-state index is 0.897. The summed E-state index contributed by atoms with van der Waals surface area (Å²) in [4.78, 5) is 11.0. The fourth-order valence-corrected chi connectivity index (χ4v) is 14.8. The molecule has 94 heavy (non-hydrogen) atoms. The van der Waals surface area contributed by atoms with Crippen molar-refractivity contribution in [1.29, 1.82) is 0 Å².